The molecule has 21 heavy (non-hydrogen) atoms. The maximum atomic E-state index is 12.5. The molecule has 1 N–H and O–H groups in total. The molecule has 0 unspecified atom stereocenters. The zero-order chi connectivity index (χ0) is 15.7. The van der Waals surface area contributed by atoms with Crippen molar-refractivity contribution in [3.63, 3.8) is 0 Å². The highest BCUT2D eigenvalue weighted by Crippen LogP contribution is 2.23. The summed E-state index contributed by atoms with van der Waals surface area (Å²) in [4.78, 5) is 0.288. The second-order valence-corrected chi connectivity index (χ2v) is 8.77. The molecular weight excluding hydrogens is 288 g/mol. The summed E-state index contributed by atoms with van der Waals surface area (Å²) in [5.41, 5.74) is 0.110. The molecule has 7 heteroatoms. The van der Waals surface area contributed by atoms with Crippen LogP contribution in [0, 0.1) is 5.92 Å². The summed E-state index contributed by atoms with van der Waals surface area (Å²) < 4.78 is 28.1. The Kier molecular flexibility index (Phi) is 4.75. The van der Waals surface area contributed by atoms with Crippen LogP contribution >= 0.6 is 0 Å². The van der Waals surface area contributed by atoms with E-state index in [4.69, 9.17) is 0 Å². The molecule has 1 aliphatic rings. The van der Waals surface area contributed by atoms with Gasteiger partial charge in [0.1, 0.15) is 4.90 Å². The minimum absolute atomic E-state index is 0.110. The Morgan fingerprint density at radius 3 is 2.43 bits per heavy atom. The predicted octanol–water partition coefficient (Wildman–Crippen LogP) is 1.21. The molecule has 1 fully saturated rings. The minimum atomic E-state index is -3.38. The molecule has 0 saturated carbocycles. The smallest absolute Gasteiger partial charge is 0.246 e. The zero-order valence-electron chi connectivity index (χ0n) is 13.3. The van der Waals surface area contributed by atoms with Gasteiger partial charge in [-0.15, -0.1) is 0 Å². The molecule has 0 radical (unpaired) electrons. The number of nitrogens with one attached hydrogen (secondary N) is 1. The van der Waals surface area contributed by atoms with Gasteiger partial charge in [0.15, 0.2) is 0 Å². The van der Waals surface area contributed by atoms with Gasteiger partial charge in [-0.1, -0.05) is 0 Å². The molecule has 0 amide bonds. The largest absolute Gasteiger partial charge is 0.312 e. The fourth-order valence-electron chi connectivity index (χ4n) is 2.49. The summed E-state index contributed by atoms with van der Waals surface area (Å²) in [6.45, 7) is 8.57. The third kappa shape index (κ3) is 4.28. The van der Waals surface area contributed by atoms with Crippen LogP contribution in [0.25, 0.3) is 0 Å². The summed E-state index contributed by atoms with van der Waals surface area (Å²) in [7, 11) is -1.65. The minimum Gasteiger partial charge on any atom is -0.312 e. The van der Waals surface area contributed by atoms with Crippen molar-refractivity contribution in [1.82, 2.24) is 19.4 Å². The van der Waals surface area contributed by atoms with Crippen molar-refractivity contribution in [2.24, 2.45) is 13.0 Å². The van der Waals surface area contributed by atoms with E-state index in [9.17, 15) is 8.42 Å². The monoisotopic (exact) mass is 314 g/mol. The molecule has 0 atom stereocenters. The van der Waals surface area contributed by atoms with Crippen LogP contribution in [0.2, 0.25) is 0 Å². The van der Waals surface area contributed by atoms with Gasteiger partial charge in [-0.3, -0.25) is 4.68 Å². The van der Waals surface area contributed by atoms with E-state index in [-0.39, 0.29) is 10.4 Å². The third-order valence-corrected chi connectivity index (χ3v) is 5.67. The number of rotatable bonds is 4. The van der Waals surface area contributed by atoms with E-state index in [1.807, 2.05) is 0 Å². The number of hydrogen-bond acceptors (Lipinski definition) is 4. The van der Waals surface area contributed by atoms with Crippen LogP contribution in [-0.4, -0.2) is 47.7 Å². The van der Waals surface area contributed by atoms with Crippen LogP contribution in [0.1, 0.15) is 33.6 Å². The fraction of sp³-hybridized carbons (Fsp3) is 0.786. The van der Waals surface area contributed by atoms with Gasteiger partial charge in [-0.25, -0.2) is 8.42 Å². The topological polar surface area (TPSA) is 67.2 Å². The molecule has 2 heterocycles. The molecule has 120 valence electrons. The van der Waals surface area contributed by atoms with E-state index in [2.05, 4.69) is 31.2 Å². The van der Waals surface area contributed by atoms with Gasteiger partial charge >= 0.3 is 0 Å². The van der Waals surface area contributed by atoms with E-state index in [1.165, 1.54) is 10.9 Å². The number of hydrogen-bond donors (Lipinski definition) is 1. The van der Waals surface area contributed by atoms with Gasteiger partial charge in [0.2, 0.25) is 10.0 Å². The second-order valence-electron chi connectivity index (χ2n) is 6.83. The Labute approximate surface area is 127 Å². The average Bonchev–Trinajstić information content (AvgIpc) is 2.83. The molecule has 0 aromatic carbocycles. The Morgan fingerprint density at radius 1 is 1.33 bits per heavy atom. The standard InChI is InChI=1S/C14H26N4O2S/c1-14(2,3)15-9-12-5-7-18(8-6-12)21(19,20)13-10-16-17(4)11-13/h10-12,15H,5-9H2,1-4H3. The second kappa shape index (κ2) is 6.06. The van der Waals surface area contributed by atoms with Crippen molar-refractivity contribution in [3.05, 3.63) is 12.4 Å². The molecule has 1 aromatic rings. The molecule has 6 nitrogen and oxygen atoms in total. The van der Waals surface area contributed by atoms with Crippen molar-refractivity contribution in [1.29, 1.82) is 0 Å². The van der Waals surface area contributed by atoms with Crippen LogP contribution < -0.4 is 5.32 Å². The fourth-order valence-corrected chi connectivity index (χ4v) is 3.94. The summed E-state index contributed by atoms with van der Waals surface area (Å²) in [5.74, 6) is 0.546. The summed E-state index contributed by atoms with van der Waals surface area (Å²) in [6.07, 6.45) is 4.79. The molecule has 0 bridgehead atoms. The first-order valence-electron chi connectivity index (χ1n) is 7.42. The lowest BCUT2D eigenvalue weighted by molar-refractivity contribution is 0.251. The van der Waals surface area contributed by atoms with E-state index >= 15 is 0 Å². The number of sulfonamides is 1. The maximum absolute atomic E-state index is 12.5. The van der Waals surface area contributed by atoms with E-state index in [1.54, 1.807) is 17.5 Å². The van der Waals surface area contributed by atoms with Crippen LogP contribution in [0.15, 0.2) is 17.3 Å². The van der Waals surface area contributed by atoms with Crippen molar-refractivity contribution < 1.29 is 8.42 Å². The highest BCUT2D eigenvalue weighted by atomic mass is 32.2. The molecule has 0 aliphatic carbocycles. The Bertz CT molecular complexity index is 566. The highest BCUT2D eigenvalue weighted by Gasteiger charge is 2.30. The summed E-state index contributed by atoms with van der Waals surface area (Å²) in [6, 6.07) is 0. The quantitative estimate of drug-likeness (QED) is 0.907. The Morgan fingerprint density at radius 2 is 1.95 bits per heavy atom. The van der Waals surface area contributed by atoms with Crippen molar-refractivity contribution in [3.8, 4) is 0 Å². The molecule has 1 aromatic heterocycles. The van der Waals surface area contributed by atoms with Crippen LogP contribution in [0.3, 0.4) is 0 Å². The first-order chi connectivity index (χ1) is 9.68. The summed E-state index contributed by atoms with van der Waals surface area (Å²) >= 11 is 0. The lowest BCUT2D eigenvalue weighted by atomic mass is 9.97. The Hall–Kier alpha value is -0.920. The lowest BCUT2D eigenvalue weighted by Crippen LogP contribution is -2.44. The van der Waals surface area contributed by atoms with Crippen LogP contribution in [0.4, 0.5) is 0 Å². The maximum Gasteiger partial charge on any atom is 0.246 e. The number of aromatic nitrogens is 2. The molecular formula is C14H26N4O2S. The van der Waals surface area contributed by atoms with E-state index < -0.39 is 10.0 Å². The third-order valence-electron chi connectivity index (χ3n) is 3.81. The summed E-state index contributed by atoms with van der Waals surface area (Å²) in [5, 5.41) is 7.45. The average molecular weight is 314 g/mol. The first kappa shape index (κ1) is 16.5. The number of nitrogens with zero attached hydrogens (tertiary/aromatic N) is 3. The van der Waals surface area contributed by atoms with Crippen LogP contribution in [0.5, 0.6) is 0 Å². The lowest BCUT2D eigenvalue weighted by Gasteiger charge is -2.32. The van der Waals surface area contributed by atoms with Gasteiger partial charge in [0.05, 0.1) is 6.20 Å². The van der Waals surface area contributed by atoms with Gasteiger partial charge < -0.3 is 5.32 Å². The molecule has 1 aliphatic heterocycles. The number of aryl methyl sites for hydroxylation is 1. The van der Waals surface area contributed by atoms with Gasteiger partial charge in [0.25, 0.3) is 0 Å². The molecule has 0 spiro atoms. The van der Waals surface area contributed by atoms with Crippen molar-refractivity contribution >= 4 is 10.0 Å². The van der Waals surface area contributed by atoms with Crippen LogP contribution in [-0.2, 0) is 17.1 Å². The van der Waals surface area contributed by atoms with Crippen molar-refractivity contribution in [2.45, 2.75) is 44.0 Å². The van der Waals surface area contributed by atoms with Gasteiger partial charge in [-0.05, 0) is 46.1 Å². The Balaban J connectivity index is 1.92. The SMILES string of the molecule is Cn1cc(S(=O)(=O)N2CCC(CNC(C)(C)C)CC2)cn1. The predicted molar refractivity (Wildman–Crippen MR) is 82.4 cm³/mol. The molecule has 1 saturated heterocycles. The molecule has 2 rings (SSSR count). The highest BCUT2D eigenvalue weighted by molar-refractivity contribution is 7.89. The van der Waals surface area contributed by atoms with Crippen molar-refractivity contribution in [2.75, 3.05) is 19.6 Å². The van der Waals surface area contributed by atoms with E-state index in [0.29, 0.717) is 19.0 Å². The van der Waals surface area contributed by atoms with Gasteiger partial charge in [0, 0.05) is 31.9 Å². The van der Waals surface area contributed by atoms with Gasteiger partial charge in [-0.2, -0.15) is 9.40 Å². The van der Waals surface area contributed by atoms with E-state index in [0.717, 1.165) is 19.4 Å². The zero-order valence-corrected chi connectivity index (χ0v) is 14.2. The first-order valence-corrected chi connectivity index (χ1v) is 8.86. The number of piperidine rings is 1. The normalized spacial score (nSPS) is 19.0.